The zero-order valence-electron chi connectivity index (χ0n) is 16.4. The van der Waals surface area contributed by atoms with Crippen molar-refractivity contribution in [1.29, 1.82) is 0 Å². The average Bonchev–Trinajstić information content (AvgIpc) is 2.65. The van der Waals surface area contributed by atoms with Crippen LogP contribution >= 0.6 is 0 Å². The maximum Gasteiger partial charge on any atom is 0.306 e. The Kier molecular flexibility index (Phi) is 5.98. The Morgan fingerprint density at radius 2 is 1.82 bits per heavy atom. The van der Waals surface area contributed by atoms with E-state index in [0.29, 0.717) is 38.8 Å². The zero-order chi connectivity index (χ0) is 20.5. The quantitative estimate of drug-likeness (QED) is 0.805. The van der Waals surface area contributed by atoms with Crippen LogP contribution in [0.4, 0.5) is 5.69 Å². The van der Waals surface area contributed by atoms with E-state index in [1.165, 1.54) is 10.6 Å². The number of benzene rings is 1. The van der Waals surface area contributed by atoms with Gasteiger partial charge in [-0.3, -0.25) is 13.9 Å². The highest BCUT2D eigenvalue weighted by Crippen LogP contribution is 2.37. The minimum absolute atomic E-state index is 0.0285. The van der Waals surface area contributed by atoms with Crippen LogP contribution in [0.2, 0.25) is 0 Å². The van der Waals surface area contributed by atoms with Gasteiger partial charge in [0.15, 0.2) is 0 Å². The fourth-order valence-corrected chi connectivity index (χ4v) is 5.74. The van der Waals surface area contributed by atoms with Gasteiger partial charge in [0.1, 0.15) is 0 Å². The topological polar surface area (TPSA) is 95.0 Å². The van der Waals surface area contributed by atoms with Gasteiger partial charge >= 0.3 is 5.97 Å². The van der Waals surface area contributed by atoms with Crippen LogP contribution in [0.1, 0.15) is 38.2 Å². The third-order valence-electron chi connectivity index (χ3n) is 6.05. The van der Waals surface area contributed by atoms with E-state index in [-0.39, 0.29) is 23.8 Å². The van der Waals surface area contributed by atoms with Crippen LogP contribution in [0.5, 0.6) is 0 Å². The number of anilines is 1. The van der Waals surface area contributed by atoms with Crippen LogP contribution in [0.3, 0.4) is 0 Å². The third-order valence-corrected chi connectivity index (χ3v) is 7.29. The molecule has 2 aliphatic heterocycles. The van der Waals surface area contributed by atoms with Crippen LogP contribution in [-0.2, 0) is 26.0 Å². The Morgan fingerprint density at radius 1 is 1.18 bits per heavy atom. The van der Waals surface area contributed by atoms with Crippen molar-refractivity contribution < 1.29 is 23.1 Å². The van der Waals surface area contributed by atoms with Crippen LogP contribution in [0.25, 0.3) is 0 Å². The second-order valence-electron chi connectivity index (χ2n) is 7.92. The van der Waals surface area contributed by atoms with Gasteiger partial charge in [-0.1, -0.05) is 18.2 Å². The summed E-state index contributed by atoms with van der Waals surface area (Å²) in [5, 5.41) is 9.08. The van der Waals surface area contributed by atoms with Crippen molar-refractivity contribution in [2.75, 3.05) is 23.7 Å². The number of likely N-dealkylation sites (tertiary alicyclic amines) is 1. The molecular weight excluding hydrogens is 380 g/mol. The van der Waals surface area contributed by atoms with E-state index in [0.717, 1.165) is 17.7 Å². The van der Waals surface area contributed by atoms with Crippen molar-refractivity contribution in [3.63, 3.8) is 0 Å². The smallest absolute Gasteiger partial charge is 0.306 e. The number of fused-ring (bicyclic) bond motifs is 1. The van der Waals surface area contributed by atoms with Gasteiger partial charge in [0.05, 0.1) is 17.9 Å². The molecule has 1 aromatic carbocycles. The molecule has 3 rings (SSSR count). The lowest BCUT2D eigenvalue weighted by Gasteiger charge is -2.40. The number of carboxylic acid groups (broad SMARTS) is 1. The van der Waals surface area contributed by atoms with Crippen LogP contribution in [0, 0.1) is 11.8 Å². The first-order valence-corrected chi connectivity index (χ1v) is 11.6. The predicted octanol–water partition coefficient (Wildman–Crippen LogP) is 2.12. The Labute approximate surface area is 166 Å². The summed E-state index contributed by atoms with van der Waals surface area (Å²) in [7, 11) is -3.41. The van der Waals surface area contributed by atoms with Crippen molar-refractivity contribution in [3.8, 4) is 0 Å². The zero-order valence-corrected chi connectivity index (χ0v) is 17.2. The molecule has 154 valence electrons. The first-order chi connectivity index (χ1) is 13.2. The fourth-order valence-electron chi connectivity index (χ4n) is 4.43. The van der Waals surface area contributed by atoms with E-state index in [1.807, 2.05) is 31.2 Å². The second-order valence-corrected chi connectivity index (χ2v) is 9.78. The molecule has 1 fully saturated rings. The van der Waals surface area contributed by atoms with Gasteiger partial charge in [0.2, 0.25) is 15.9 Å². The molecule has 1 amide bonds. The summed E-state index contributed by atoms with van der Waals surface area (Å²) in [4.78, 5) is 25.4. The molecule has 1 N–H and O–H groups in total. The molecule has 0 bridgehead atoms. The molecule has 7 nitrogen and oxygen atoms in total. The summed E-state index contributed by atoms with van der Waals surface area (Å²) in [6, 6.07) is 7.32. The first-order valence-electron chi connectivity index (χ1n) is 9.76. The Balaban J connectivity index is 1.65. The average molecular weight is 409 g/mol. The summed E-state index contributed by atoms with van der Waals surface area (Å²) in [6.07, 6.45) is 3.93. The molecule has 0 radical (unpaired) electrons. The molecule has 2 atom stereocenters. The molecular formula is C20H28N2O5S. The van der Waals surface area contributed by atoms with E-state index in [4.69, 9.17) is 5.11 Å². The highest BCUT2D eigenvalue weighted by atomic mass is 32.2. The second kappa shape index (κ2) is 8.11. The van der Waals surface area contributed by atoms with Gasteiger partial charge in [-0.2, -0.15) is 0 Å². The molecule has 28 heavy (non-hydrogen) atoms. The van der Waals surface area contributed by atoms with Crippen molar-refractivity contribution >= 4 is 27.6 Å². The highest BCUT2D eigenvalue weighted by molar-refractivity contribution is 7.92. The Bertz CT molecular complexity index is 846. The molecule has 0 aromatic heterocycles. The maximum absolute atomic E-state index is 12.6. The molecule has 1 aromatic rings. The Morgan fingerprint density at radius 3 is 2.43 bits per heavy atom. The number of rotatable bonds is 5. The van der Waals surface area contributed by atoms with Crippen LogP contribution in [0.15, 0.2) is 24.3 Å². The number of nitrogens with zero attached hydrogens (tertiary/aromatic N) is 2. The van der Waals surface area contributed by atoms with Crippen LogP contribution < -0.4 is 4.31 Å². The van der Waals surface area contributed by atoms with Gasteiger partial charge in [-0.25, -0.2) is 8.42 Å². The number of carboxylic acids is 1. The van der Waals surface area contributed by atoms with Crippen molar-refractivity contribution in [2.24, 2.45) is 11.8 Å². The van der Waals surface area contributed by atoms with Gasteiger partial charge < -0.3 is 10.0 Å². The van der Waals surface area contributed by atoms with Gasteiger partial charge in [-0.15, -0.1) is 0 Å². The fraction of sp³-hybridized carbons (Fsp3) is 0.600. The molecule has 2 heterocycles. The number of hydrogen-bond acceptors (Lipinski definition) is 4. The van der Waals surface area contributed by atoms with Gasteiger partial charge in [0.25, 0.3) is 0 Å². The molecule has 8 heteroatoms. The van der Waals surface area contributed by atoms with E-state index in [2.05, 4.69) is 0 Å². The number of carbonyl (C=O) groups is 2. The number of amides is 1. The number of carbonyl (C=O) groups excluding carboxylic acids is 1. The Hall–Kier alpha value is -2.09. The predicted molar refractivity (Wildman–Crippen MR) is 107 cm³/mol. The minimum Gasteiger partial charge on any atom is -0.481 e. The lowest BCUT2D eigenvalue weighted by Crippen LogP contribution is -2.47. The maximum atomic E-state index is 12.6. The molecule has 2 aliphatic rings. The summed E-state index contributed by atoms with van der Waals surface area (Å²) >= 11 is 0. The SMILES string of the molecule is C[C@@H]1[C@H](CCC(=O)N2CCC(C(=O)O)CC2)Cc2ccccc2N1S(C)(=O)=O. The monoisotopic (exact) mass is 408 g/mol. The van der Waals surface area contributed by atoms with Crippen molar-refractivity contribution in [2.45, 2.75) is 45.1 Å². The number of sulfonamides is 1. The summed E-state index contributed by atoms with van der Waals surface area (Å²) in [5.41, 5.74) is 1.72. The lowest BCUT2D eigenvalue weighted by atomic mass is 9.84. The first kappa shape index (κ1) is 20.6. The van der Waals surface area contributed by atoms with Gasteiger partial charge in [-0.05, 0) is 50.2 Å². The number of piperidine rings is 1. The normalized spacial score (nSPS) is 23.4. The standard InChI is InChI=1S/C20H28N2O5S/c1-14-16(7-8-19(23)21-11-9-15(10-12-21)20(24)25)13-17-5-3-4-6-18(17)22(14)28(2,26)27/h3-6,14-16H,7-13H2,1-2H3,(H,24,25)/t14-,16-/m1/s1. The largest absolute Gasteiger partial charge is 0.481 e. The molecule has 0 aliphatic carbocycles. The highest BCUT2D eigenvalue weighted by Gasteiger charge is 2.36. The van der Waals surface area contributed by atoms with Crippen molar-refractivity contribution in [1.82, 2.24) is 4.90 Å². The van der Waals surface area contributed by atoms with E-state index < -0.39 is 16.0 Å². The molecule has 0 saturated carbocycles. The van der Waals surface area contributed by atoms with Gasteiger partial charge in [0, 0.05) is 25.6 Å². The van der Waals surface area contributed by atoms with E-state index in [1.54, 1.807) is 4.90 Å². The summed E-state index contributed by atoms with van der Waals surface area (Å²) in [5.74, 6) is -1.06. The minimum atomic E-state index is -3.41. The number of aliphatic carboxylic acids is 1. The summed E-state index contributed by atoms with van der Waals surface area (Å²) in [6.45, 7) is 2.87. The number of para-hydroxylation sites is 1. The summed E-state index contributed by atoms with van der Waals surface area (Å²) < 4.78 is 26.2. The van der Waals surface area contributed by atoms with Crippen molar-refractivity contribution in [3.05, 3.63) is 29.8 Å². The molecule has 1 saturated heterocycles. The van der Waals surface area contributed by atoms with Crippen LogP contribution in [-0.4, -0.2) is 55.7 Å². The van der Waals surface area contributed by atoms with E-state index >= 15 is 0 Å². The molecule has 0 unspecified atom stereocenters. The number of hydrogen-bond donors (Lipinski definition) is 1. The third kappa shape index (κ3) is 4.32. The lowest BCUT2D eigenvalue weighted by molar-refractivity contribution is -0.145. The van der Waals surface area contributed by atoms with E-state index in [9.17, 15) is 18.0 Å². The molecule has 0 spiro atoms.